The summed E-state index contributed by atoms with van der Waals surface area (Å²) in [5.74, 6) is 1.29. The van der Waals surface area contributed by atoms with Crippen molar-refractivity contribution in [2.24, 2.45) is 11.7 Å². The molecule has 2 unspecified atom stereocenters. The number of benzene rings is 2. The van der Waals surface area contributed by atoms with Crippen LogP contribution in [0, 0.1) is 5.92 Å². The molecule has 0 radical (unpaired) electrons. The van der Waals surface area contributed by atoms with Crippen LogP contribution in [0.25, 0.3) is 0 Å². The van der Waals surface area contributed by atoms with Crippen LogP contribution < -0.4 is 10.5 Å². The van der Waals surface area contributed by atoms with E-state index >= 15 is 0 Å². The van der Waals surface area contributed by atoms with E-state index in [2.05, 4.69) is 6.92 Å². The summed E-state index contributed by atoms with van der Waals surface area (Å²) in [5, 5.41) is 0. The lowest BCUT2D eigenvalue weighted by Gasteiger charge is -2.39. The molecule has 0 aromatic heterocycles. The van der Waals surface area contributed by atoms with Gasteiger partial charge in [0.2, 0.25) is 0 Å². The van der Waals surface area contributed by atoms with Crippen LogP contribution in [0.3, 0.4) is 0 Å². The fourth-order valence-electron chi connectivity index (χ4n) is 3.46. The average Bonchev–Trinajstić information content (AvgIpc) is 2.67. The molecule has 2 atom stereocenters. The fourth-order valence-corrected chi connectivity index (χ4v) is 3.46. The summed E-state index contributed by atoms with van der Waals surface area (Å²) in [6, 6.07) is 17.6. The first-order chi connectivity index (χ1) is 12.2. The van der Waals surface area contributed by atoms with Gasteiger partial charge in [-0.3, -0.25) is 4.79 Å². The third-order valence-corrected chi connectivity index (χ3v) is 4.97. The molecule has 1 amide bonds. The Bertz CT molecular complexity index is 691. The zero-order valence-corrected chi connectivity index (χ0v) is 16.0. The molecule has 1 aliphatic heterocycles. The predicted octanol–water partition coefficient (Wildman–Crippen LogP) is 3.89. The summed E-state index contributed by atoms with van der Waals surface area (Å²) in [7, 11) is 0. The molecule has 4 nitrogen and oxygen atoms in total. The molecule has 0 saturated carbocycles. The Kier molecular flexibility index (Phi) is 7.49. The lowest BCUT2D eigenvalue weighted by molar-refractivity contribution is 0.0532. The summed E-state index contributed by atoms with van der Waals surface area (Å²) in [6.45, 7) is 4.01. The van der Waals surface area contributed by atoms with Crippen LogP contribution in [-0.2, 0) is 6.61 Å². The molecule has 3 rings (SSSR count). The Balaban J connectivity index is 0.00000243. The molecule has 2 aromatic rings. The summed E-state index contributed by atoms with van der Waals surface area (Å²) < 4.78 is 5.79. The van der Waals surface area contributed by atoms with Gasteiger partial charge in [-0.05, 0) is 48.6 Å². The minimum absolute atomic E-state index is 0. The molecule has 1 saturated heterocycles. The summed E-state index contributed by atoms with van der Waals surface area (Å²) >= 11 is 0. The monoisotopic (exact) mass is 374 g/mol. The van der Waals surface area contributed by atoms with Gasteiger partial charge in [0.05, 0.1) is 0 Å². The van der Waals surface area contributed by atoms with Crippen LogP contribution in [0.1, 0.15) is 35.7 Å². The third-order valence-electron chi connectivity index (χ3n) is 4.97. The molecule has 0 spiro atoms. The zero-order chi connectivity index (χ0) is 17.6. The molecule has 5 heteroatoms. The van der Waals surface area contributed by atoms with Crippen molar-refractivity contribution < 1.29 is 9.53 Å². The highest BCUT2D eigenvalue weighted by Gasteiger charge is 2.31. The maximum atomic E-state index is 12.8. The van der Waals surface area contributed by atoms with Crippen LogP contribution in [-0.4, -0.2) is 29.9 Å². The highest BCUT2D eigenvalue weighted by Crippen LogP contribution is 2.25. The third kappa shape index (κ3) is 4.77. The molecule has 0 bridgehead atoms. The van der Waals surface area contributed by atoms with Gasteiger partial charge in [-0.15, -0.1) is 12.4 Å². The Morgan fingerprint density at radius 2 is 1.85 bits per heavy atom. The molecular formula is C21H27ClN2O2. The maximum absolute atomic E-state index is 12.8. The van der Waals surface area contributed by atoms with Crippen LogP contribution in [0.2, 0.25) is 0 Å². The van der Waals surface area contributed by atoms with Crippen LogP contribution in [0.4, 0.5) is 0 Å². The number of rotatable bonds is 5. The van der Waals surface area contributed by atoms with Gasteiger partial charge in [0.15, 0.2) is 0 Å². The maximum Gasteiger partial charge on any atom is 0.254 e. The van der Waals surface area contributed by atoms with Crippen molar-refractivity contribution in [3.8, 4) is 5.75 Å². The largest absolute Gasteiger partial charge is 0.489 e. The van der Waals surface area contributed by atoms with Crippen molar-refractivity contribution in [3.63, 3.8) is 0 Å². The fraction of sp³-hybridized carbons (Fsp3) is 0.381. The van der Waals surface area contributed by atoms with Crippen LogP contribution in [0.15, 0.2) is 54.6 Å². The molecule has 1 fully saturated rings. The lowest BCUT2D eigenvalue weighted by atomic mass is 9.90. The van der Waals surface area contributed by atoms with Crippen molar-refractivity contribution in [2.75, 3.05) is 13.1 Å². The second-order valence-corrected chi connectivity index (χ2v) is 6.72. The number of piperidine rings is 1. The molecular weight excluding hydrogens is 348 g/mol. The van der Waals surface area contributed by atoms with Gasteiger partial charge < -0.3 is 15.4 Å². The van der Waals surface area contributed by atoms with Gasteiger partial charge in [0.1, 0.15) is 12.4 Å². The number of amides is 1. The van der Waals surface area contributed by atoms with Gasteiger partial charge in [-0.2, -0.15) is 0 Å². The molecule has 2 aromatic carbocycles. The minimum atomic E-state index is 0. The van der Waals surface area contributed by atoms with Gasteiger partial charge in [0.25, 0.3) is 5.91 Å². The standard InChI is InChI=1S/C21H26N2O2.ClH/c1-16-6-5-13-23(20(16)14-22)21(24)18-9-11-19(12-10-18)25-15-17-7-3-2-4-8-17;/h2-4,7-12,16,20H,5-6,13-15,22H2,1H3;1H. The Morgan fingerprint density at radius 3 is 2.50 bits per heavy atom. The zero-order valence-electron chi connectivity index (χ0n) is 15.1. The number of ether oxygens (including phenoxy) is 1. The van der Waals surface area contributed by atoms with Crippen molar-refractivity contribution in [1.29, 1.82) is 0 Å². The number of halogens is 1. The van der Waals surface area contributed by atoms with Crippen molar-refractivity contribution in [2.45, 2.75) is 32.4 Å². The van der Waals surface area contributed by atoms with E-state index in [1.807, 2.05) is 59.5 Å². The molecule has 2 N–H and O–H groups in total. The highest BCUT2D eigenvalue weighted by molar-refractivity contribution is 5.94. The van der Waals surface area contributed by atoms with E-state index in [-0.39, 0.29) is 24.4 Å². The number of nitrogens with two attached hydrogens (primary N) is 1. The molecule has 1 heterocycles. The van der Waals surface area contributed by atoms with E-state index in [1.165, 1.54) is 0 Å². The van der Waals surface area contributed by atoms with E-state index in [0.717, 1.165) is 30.7 Å². The summed E-state index contributed by atoms with van der Waals surface area (Å²) in [6.07, 6.45) is 2.18. The second-order valence-electron chi connectivity index (χ2n) is 6.72. The predicted molar refractivity (Wildman–Crippen MR) is 107 cm³/mol. The summed E-state index contributed by atoms with van der Waals surface area (Å²) in [4.78, 5) is 14.8. The van der Waals surface area contributed by atoms with Gasteiger partial charge in [0, 0.05) is 24.7 Å². The first kappa shape index (κ1) is 20.3. The number of hydrogen-bond donors (Lipinski definition) is 1. The van der Waals surface area contributed by atoms with Crippen molar-refractivity contribution in [3.05, 3.63) is 65.7 Å². The van der Waals surface area contributed by atoms with Gasteiger partial charge in [-0.25, -0.2) is 0 Å². The Hall–Kier alpha value is -2.04. The SMILES string of the molecule is CC1CCCN(C(=O)c2ccc(OCc3ccccc3)cc2)C1CN.Cl. The van der Waals surface area contributed by atoms with Crippen molar-refractivity contribution >= 4 is 18.3 Å². The van der Waals surface area contributed by atoms with E-state index < -0.39 is 0 Å². The second kappa shape index (κ2) is 9.60. The Labute approximate surface area is 161 Å². The quantitative estimate of drug-likeness (QED) is 0.863. The van der Waals surface area contributed by atoms with Gasteiger partial charge in [-0.1, -0.05) is 37.3 Å². The Morgan fingerprint density at radius 1 is 1.15 bits per heavy atom. The topological polar surface area (TPSA) is 55.6 Å². The molecule has 26 heavy (non-hydrogen) atoms. The van der Waals surface area contributed by atoms with E-state index in [9.17, 15) is 4.79 Å². The number of carbonyl (C=O) groups is 1. The minimum Gasteiger partial charge on any atom is -0.489 e. The first-order valence-corrected chi connectivity index (χ1v) is 8.97. The number of carbonyl (C=O) groups excluding carboxylic acids is 1. The van der Waals surface area contributed by atoms with Gasteiger partial charge >= 0.3 is 0 Å². The molecule has 140 valence electrons. The van der Waals surface area contributed by atoms with E-state index in [4.69, 9.17) is 10.5 Å². The summed E-state index contributed by atoms with van der Waals surface area (Å²) in [5.41, 5.74) is 7.72. The first-order valence-electron chi connectivity index (χ1n) is 8.97. The number of likely N-dealkylation sites (tertiary alicyclic amines) is 1. The van der Waals surface area contributed by atoms with E-state index in [1.54, 1.807) is 0 Å². The molecule has 0 aliphatic carbocycles. The lowest BCUT2D eigenvalue weighted by Crippen LogP contribution is -2.51. The smallest absolute Gasteiger partial charge is 0.254 e. The average molecular weight is 375 g/mol. The van der Waals surface area contributed by atoms with Crippen molar-refractivity contribution in [1.82, 2.24) is 4.90 Å². The van der Waals surface area contributed by atoms with Crippen LogP contribution >= 0.6 is 12.4 Å². The van der Waals surface area contributed by atoms with E-state index in [0.29, 0.717) is 24.6 Å². The highest BCUT2D eigenvalue weighted by atomic mass is 35.5. The molecule has 1 aliphatic rings. The number of hydrogen-bond acceptors (Lipinski definition) is 3. The normalized spacial score (nSPS) is 19.5. The number of nitrogens with zero attached hydrogens (tertiary/aromatic N) is 1. The van der Waals surface area contributed by atoms with Crippen LogP contribution in [0.5, 0.6) is 5.75 Å².